The molecule has 0 aliphatic rings. The van der Waals surface area contributed by atoms with Gasteiger partial charge in [0.2, 0.25) is 0 Å². The molecule has 1 aromatic carbocycles. The molecule has 0 unspecified atom stereocenters. The Balaban J connectivity index is 2.21. The molecule has 3 rings (SSSR count). The summed E-state index contributed by atoms with van der Waals surface area (Å²) in [6.07, 6.45) is 1.69. The monoisotopic (exact) mass is 196 g/mol. The van der Waals surface area contributed by atoms with Crippen molar-refractivity contribution in [3.63, 3.8) is 0 Å². The van der Waals surface area contributed by atoms with Gasteiger partial charge in [0.15, 0.2) is 11.5 Å². The van der Waals surface area contributed by atoms with E-state index in [0.29, 0.717) is 5.82 Å². The van der Waals surface area contributed by atoms with Gasteiger partial charge in [-0.05, 0) is 12.1 Å². The molecule has 2 heterocycles. The number of fused-ring (bicyclic) bond motifs is 1. The van der Waals surface area contributed by atoms with Crippen LogP contribution in [-0.2, 0) is 0 Å². The Morgan fingerprint density at radius 3 is 2.60 bits per heavy atom. The van der Waals surface area contributed by atoms with Gasteiger partial charge in [-0.15, -0.1) is 9.73 Å². The van der Waals surface area contributed by atoms with Crippen molar-refractivity contribution in [3.05, 3.63) is 48.7 Å². The van der Waals surface area contributed by atoms with Crippen LogP contribution >= 0.6 is 0 Å². The van der Waals surface area contributed by atoms with Gasteiger partial charge in [0.25, 0.3) is 0 Å². The molecule has 0 saturated heterocycles. The summed E-state index contributed by atoms with van der Waals surface area (Å²) in [6, 6.07) is 13.6. The van der Waals surface area contributed by atoms with Gasteiger partial charge in [-0.2, -0.15) is 5.10 Å². The van der Waals surface area contributed by atoms with Crippen LogP contribution < -0.4 is 0 Å². The third-order valence-electron chi connectivity index (χ3n) is 2.15. The Kier molecular flexibility index (Phi) is 1.71. The molecule has 4 heteroatoms. The smallest absolute Gasteiger partial charge is 0.183 e. The van der Waals surface area contributed by atoms with Crippen LogP contribution in [0.2, 0.25) is 0 Å². The van der Waals surface area contributed by atoms with Crippen LogP contribution in [0, 0.1) is 0 Å². The Hall–Kier alpha value is -2.23. The second kappa shape index (κ2) is 3.16. The van der Waals surface area contributed by atoms with Gasteiger partial charge in [-0.1, -0.05) is 30.3 Å². The minimum absolute atomic E-state index is 0.703. The Morgan fingerprint density at radius 1 is 0.933 bits per heavy atom. The zero-order chi connectivity index (χ0) is 10.1. The molecule has 0 amide bonds. The quantitative estimate of drug-likeness (QED) is 0.596. The first-order chi connectivity index (χ1) is 7.43. The molecule has 15 heavy (non-hydrogen) atoms. The summed E-state index contributed by atoms with van der Waals surface area (Å²) in [7, 11) is 0. The fraction of sp³-hybridized carbons (Fsp3) is 0. The zero-order valence-corrected chi connectivity index (χ0v) is 7.91. The van der Waals surface area contributed by atoms with Crippen LogP contribution in [-0.4, -0.2) is 19.8 Å². The minimum atomic E-state index is 0.703. The maximum absolute atomic E-state index is 4.37. The molecule has 0 aliphatic carbocycles. The van der Waals surface area contributed by atoms with Crippen molar-refractivity contribution in [2.45, 2.75) is 0 Å². The second-order valence-electron chi connectivity index (χ2n) is 3.17. The lowest BCUT2D eigenvalue weighted by molar-refractivity contribution is 0.802. The average Bonchev–Trinajstić information content (AvgIpc) is 2.74. The van der Waals surface area contributed by atoms with Crippen molar-refractivity contribution >= 4 is 5.65 Å². The molecular formula is C11H8N4. The SMILES string of the molecule is c1ccc(-c2nc3cccnn3n2)cc1. The lowest BCUT2D eigenvalue weighted by atomic mass is 10.2. The van der Waals surface area contributed by atoms with E-state index in [-0.39, 0.29) is 0 Å². The van der Waals surface area contributed by atoms with Crippen LogP contribution in [0.1, 0.15) is 0 Å². The van der Waals surface area contributed by atoms with E-state index in [1.165, 1.54) is 4.63 Å². The van der Waals surface area contributed by atoms with Crippen molar-refractivity contribution in [2.75, 3.05) is 0 Å². The second-order valence-corrected chi connectivity index (χ2v) is 3.17. The van der Waals surface area contributed by atoms with E-state index in [1.807, 2.05) is 42.5 Å². The van der Waals surface area contributed by atoms with Crippen LogP contribution in [0.5, 0.6) is 0 Å². The largest absolute Gasteiger partial charge is 0.205 e. The highest BCUT2D eigenvalue weighted by molar-refractivity contribution is 5.57. The molecule has 0 N–H and O–H groups in total. The fourth-order valence-corrected chi connectivity index (χ4v) is 1.45. The molecule has 0 fully saturated rings. The van der Waals surface area contributed by atoms with Crippen molar-refractivity contribution in [2.24, 2.45) is 0 Å². The van der Waals surface area contributed by atoms with Crippen molar-refractivity contribution < 1.29 is 0 Å². The number of benzene rings is 1. The zero-order valence-electron chi connectivity index (χ0n) is 7.91. The van der Waals surface area contributed by atoms with E-state index >= 15 is 0 Å². The molecule has 2 aromatic heterocycles. The third-order valence-corrected chi connectivity index (χ3v) is 2.15. The maximum Gasteiger partial charge on any atom is 0.183 e. The van der Waals surface area contributed by atoms with Gasteiger partial charge in [-0.25, -0.2) is 4.98 Å². The molecule has 0 saturated carbocycles. The molecular weight excluding hydrogens is 188 g/mol. The number of hydrogen-bond donors (Lipinski definition) is 0. The molecule has 72 valence electrons. The summed E-state index contributed by atoms with van der Waals surface area (Å²) >= 11 is 0. The normalized spacial score (nSPS) is 10.7. The Labute approximate surface area is 86.2 Å². The first kappa shape index (κ1) is 8.11. The van der Waals surface area contributed by atoms with E-state index in [1.54, 1.807) is 6.20 Å². The van der Waals surface area contributed by atoms with Gasteiger partial charge in [-0.3, -0.25) is 0 Å². The number of aromatic nitrogens is 4. The number of rotatable bonds is 1. The first-order valence-corrected chi connectivity index (χ1v) is 4.67. The summed E-state index contributed by atoms with van der Waals surface area (Å²) in [5.74, 6) is 0.703. The van der Waals surface area contributed by atoms with Crippen LogP contribution in [0.15, 0.2) is 48.7 Å². The van der Waals surface area contributed by atoms with Crippen molar-refractivity contribution in [1.82, 2.24) is 19.8 Å². The Morgan fingerprint density at radius 2 is 1.80 bits per heavy atom. The summed E-state index contributed by atoms with van der Waals surface area (Å²) in [5.41, 5.74) is 1.76. The molecule has 4 nitrogen and oxygen atoms in total. The van der Waals surface area contributed by atoms with E-state index in [0.717, 1.165) is 11.2 Å². The molecule has 0 spiro atoms. The van der Waals surface area contributed by atoms with Gasteiger partial charge >= 0.3 is 0 Å². The lowest BCUT2D eigenvalue weighted by Crippen LogP contribution is -1.90. The van der Waals surface area contributed by atoms with E-state index in [2.05, 4.69) is 15.2 Å². The lowest BCUT2D eigenvalue weighted by Gasteiger charge is -1.90. The van der Waals surface area contributed by atoms with E-state index in [4.69, 9.17) is 0 Å². The highest BCUT2D eigenvalue weighted by Crippen LogP contribution is 2.14. The van der Waals surface area contributed by atoms with Gasteiger partial charge in [0.05, 0.1) is 0 Å². The predicted octanol–water partition coefficient (Wildman–Crippen LogP) is 1.79. The highest BCUT2D eigenvalue weighted by atomic mass is 15.4. The van der Waals surface area contributed by atoms with Crippen LogP contribution in [0.3, 0.4) is 0 Å². The summed E-state index contributed by atoms with van der Waals surface area (Å²) < 4.78 is 1.53. The van der Waals surface area contributed by atoms with Crippen LogP contribution in [0.25, 0.3) is 17.0 Å². The van der Waals surface area contributed by atoms with E-state index < -0.39 is 0 Å². The van der Waals surface area contributed by atoms with Gasteiger partial charge in [0.1, 0.15) is 0 Å². The molecule has 0 radical (unpaired) electrons. The van der Waals surface area contributed by atoms with Crippen molar-refractivity contribution in [3.8, 4) is 11.4 Å². The topological polar surface area (TPSA) is 43.1 Å². The van der Waals surface area contributed by atoms with Crippen molar-refractivity contribution in [1.29, 1.82) is 0 Å². The number of nitrogens with zero attached hydrogens (tertiary/aromatic N) is 4. The first-order valence-electron chi connectivity index (χ1n) is 4.67. The Bertz CT molecular complexity index is 553. The highest BCUT2D eigenvalue weighted by Gasteiger charge is 2.04. The van der Waals surface area contributed by atoms with Gasteiger partial charge in [0, 0.05) is 11.8 Å². The average molecular weight is 196 g/mol. The minimum Gasteiger partial charge on any atom is -0.205 e. The summed E-state index contributed by atoms with van der Waals surface area (Å²) in [5, 5.41) is 8.35. The number of hydrogen-bond acceptors (Lipinski definition) is 3. The fourth-order valence-electron chi connectivity index (χ4n) is 1.45. The molecule has 0 aliphatic heterocycles. The van der Waals surface area contributed by atoms with E-state index in [9.17, 15) is 0 Å². The standard InChI is InChI=1S/C11H8N4/c1-2-5-9(6-3-1)11-13-10-7-4-8-12-15(10)14-11/h1-8H. The van der Waals surface area contributed by atoms with Crippen LogP contribution in [0.4, 0.5) is 0 Å². The predicted molar refractivity (Wildman–Crippen MR) is 56.2 cm³/mol. The summed E-state index contributed by atoms with van der Waals surface area (Å²) in [6.45, 7) is 0. The summed E-state index contributed by atoms with van der Waals surface area (Å²) in [4.78, 5) is 4.37. The third kappa shape index (κ3) is 1.36. The molecule has 3 aromatic rings. The molecule has 0 bridgehead atoms. The molecule has 0 atom stereocenters. The maximum atomic E-state index is 4.37. The van der Waals surface area contributed by atoms with Gasteiger partial charge < -0.3 is 0 Å².